The Labute approximate surface area is 170 Å². The van der Waals surface area contributed by atoms with Crippen molar-refractivity contribution in [1.82, 2.24) is 4.31 Å². The van der Waals surface area contributed by atoms with E-state index < -0.39 is 10.0 Å². The van der Waals surface area contributed by atoms with Gasteiger partial charge in [-0.3, -0.25) is 4.79 Å². The van der Waals surface area contributed by atoms with Gasteiger partial charge in [0.15, 0.2) is 0 Å². The number of rotatable bonds is 6. The van der Waals surface area contributed by atoms with Crippen LogP contribution in [-0.2, 0) is 21.2 Å². The number of carbonyl (C=O) groups excluding carboxylic acids is 1. The van der Waals surface area contributed by atoms with Crippen molar-refractivity contribution in [1.29, 1.82) is 0 Å². The maximum absolute atomic E-state index is 13.0. The Bertz CT molecular complexity index is 972. The topological polar surface area (TPSA) is 66.9 Å². The van der Waals surface area contributed by atoms with Gasteiger partial charge in [0, 0.05) is 31.2 Å². The van der Waals surface area contributed by atoms with Gasteiger partial charge in [0.1, 0.15) is 5.75 Å². The average molecular weight is 421 g/mol. The Morgan fingerprint density at radius 2 is 1.86 bits per heavy atom. The van der Waals surface area contributed by atoms with Gasteiger partial charge >= 0.3 is 0 Å². The highest BCUT2D eigenvalue weighted by molar-refractivity contribution is 8.00. The van der Waals surface area contributed by atoms with E-state index in [0.29, 0.717) is 13.0 Å². The first-order valence-electron chi connectivity index (χ1n) is 8.91. The quantitative estimate of drug-likeness (QED) is 0.672. The lowest BCUT2D eigenvalue weighted by Gasteiger charge is -2.22. The number of ether oxygens (including phenoxy) is 1. The van der Waals surface area contributed by atoms with Gasteiger partial charge in [-0.15, -0.1) is 11.8 Å². The maximum Gasteiger partial charge on any atom is 0.242 e. The Balaban J connectivity index is 1.76. The number of amides is 1. The summed E-state index contributed by atoms with van der Waals surface area (Å²) in [5.41, 5.74) is 1.68. The Hall–Kier alpha value is -2.03. The smallest absolute Gasteiger partial charge is 0.242 e. The molecule has 0 radical (unpaired) electrons. The summed E-state index contributed by atoms with van der Waals surface area (Å²) in [6, 6.07) is 12.6. The predicted molar refractivity (Wildman–Crippen MR) is 112 cm³/mol. The van der Waals surface area contributed by atoms with Crippen molar-refractivity contribution in [3.63, 3.8) is 0 Å². The third-order valence-electron chi connectivity index (χ3n) is 4.71. The Morgan fingerprint density at radius 3 is 2.46 bits per heavy atom. The molecule has 2 aromatic carbocycles. The van der Waals surface area contributed by atoms with Crippen LogP contribution >= 0.6 is 11.8 Å². The summed E-state index contributed by atoms with van der Waals surface area (Å²) in [7, 11) is 1.16. The number of anilines is 1. The van der Waals surface area contributed by atoms with Crippen molar-refractivity contribution in [3.05, 3.63) is 48.0 Å². The molecule has 1 amide bonds. The number of thioether (sulfide) groups is 1. The molecule has 0 unspecified atom stereocenters. The molecule has 0 saturated carbocycles. The molecule has 8 heteroatoms. The fourth-order valence-corrected chi connectivity index (χ4v) is 4.99. The van der Waals surface area contributed by atoms with E-state index in [4.69, 9.17) is 4.74 Å². The minimum atomic E-state index is -3.48. The maximum atomic E-state index is 13.0. The van der Waals surface area contributed by atoms with Crippen LogP contribution in [0.1, 0.15) is 12.5 Å². The standard InChI is InChI=1S/C20H24N2O4S2/c1-14(27-17-7-5-16(26-4)6-8-17)20(23)22-12-11-15-13-18(9-10-19(15)22)28(24,25)21(2)3/h5-10,13-14H,11-12H2,1-4H3/t14-/m1/s1. The van der Waals surface area contributed by atoms with E-state index in [1.807, 2.05) is 31.2 Å². The van der Waals surface area contributed by atoms with Crippen molar-refractivity contribution >= 4 is 33.4 Å². The Kier molecular flexibility index (Phi) is 6.02. The molecule has 0 bridgehead atoms. The third kappa shape index (κ3) is 4.04. The summed E-state index contributed by atoms with van der Waals surface area (Å²) in [6.45, 7) is 2.45. The predicted octanol–water partition coefficient (Wildman–Crippen LogP) is 3.02. The zero-order chi connectivity index (χ0) is 20.5. The van der Waals surface area contributed by atoms with Gasteiger partial charge in [0.05, 0.1) is 17.3 Å². The summed E-state index contributed by atoms with van der Waals surface area (Å²) in [5.74, 6) is 0.795. The van der Waals surface area contributed by atoms with Crippen molar-refractivity contribution in [2.24, 2.45) is 0 Å². The molecule has 1 heterocycles. The van der Waals surface area contributed by atoms with Crippen LogP contribution in [0.3, 0.4) is 0 Å². The lowest BCUT2D eigenvalue weighted by atomic mass is 10.2. The number of sulfonamides is 1. The molecular weight excluding hydrogens is 396 g/mol. The lowest BCUT2D eigenvalue weighted by Crippen LogP contribution is -2.35. The number of fused-ring (bicyclic) bond motifs is 1. The SMILES string of the molecule is COc1ccc(S[C@H](C)C(=O)N2CCc3cc(S(=O)(=O)N(C)C)ccc32)cc1. The minimum absolute atomic E-state index is 0.0165. The normalized spacial score (nSPS) is 14.8. The van der Waals surface area contributed by atoms with Gasteiger partial charge in [-0.1, -0.05) is 0 Å². The molecule has 150 valence electrons. The summed E-state index contributed by atoms with van der Waals surface area (Å²) < 4.78 is 31.0. The van der Waals surface area contributed by atoms with Crippen LogP contribution in [0.2, 0.25) is 0 Å². The molecule has 1 aliphatic rings. The second-order valence-corrected chi connectivity index (χ2v) is 10.3. The van der Waals surface area contributed by atoms with E-state index in [1.165, 1.54) is 30.2 Å². The van der Waals surface area contributed by atoms with Crippen molar-refractivity contribution in [2.45, 2.75) is 28.4 Å². The number of carbonyl (C=O) groups is 1. The number of hydrogen-bond acceptors (Lipinski definition) is 5. The summed E-state index contributed by atoms with van der Waals surface area (Å²) in [4.78, 5) is 16.0. The van der Waals surface area contributed by atoms with Crippen LogP contribution in [0, 0.1) is 0 Å². The zero-order valence-corrected chi connectivity index (χ0v) is 18.0. The van der Waals surface area contributed by atoms with Crippen molar-refractivity contribution in [3.8, 4) is 5.75 Å². The number of benzene rings is 2. The molecule has 0 saturated heterocycles. The molecule has 0 spiro atoms. The molecule has 0 fully saturated rings. The zero-order valence-electron chi connectivity index (χ0n) is 16.4. The molecule has 2 aromatic rings. The van der Waals surface area contributed by atoms with E-state index in [0.717, 1.165) is 21.9 Å². The summed E-state index contributed by atoms with van der Waals surface area (Å²) >= 11 is 1.49. The van der Waals surface area contributed by atoms with Gasteiger partial charge in [-0.25, -0.2) is 12.7 Å². The lowest BCUT2D eigenvalue weighted by molar-refractivity contribution is -0.117. The van der Waals surface area contributed by atoms with E-state index in [2.05, 4.69) is 0 Å². The van der Waals surface area contributed by atoms with Crippen LogP contribution in [0.25, 0.3) is 0 Å². The van der Waals surface area contributed by atoms with E-state index in [-0.39, 0.29) is 16.1 Å². The van der Waals surface area contributed by atoms with Crippen LogP contribution in [0.15, 0.2) is 52.3 Å². The second-order valence-electron chi connectivity index (χ2n) is 6.75. The first-order chi connectivity index (χ1) is 13.2. The number of nitrogens with zero attached hydrogens (tertiary/aromatic N) is 2. The molecule has 3 rings (SSSR count). The average Bonchev–Trinajstić information content (AvgIpc) is 3.11. The van der Waals surface area contributed by atoms with Gasteiger partial charge in [0.2, 0.25) is 15.9 Å². The summed E-state index contributed by atoms with van der Waals surface area (Å²) in [6.07, 6.45) is 0.651. The van der Waals surface area contributed by atoms with E-state index >= 15 is 0 Å². The molecule has 0 aliphatic carbocycles. The monoisotopic (exact) mass is 420 g/mol. The molecular formula is C20H24N2O4S2. The minimum Gasteiger partial charge on any atom is -0.497 e. The molecule has 6 nitrogen and oxygen atoms in total. The highest BCUT2D eigenvalue weighted by atomic mass is 32.2. The van der Waals surface area contributed by atoms with E-state index in [1.54, 1.807) is 30.2 Å². The third-order valence-corrected chi connectivity index (χ3v) is 7.62. The van der Waals surface area contributed by atoms with Crippen LogP contribution in [0.5, 0.6) is 5.75 Å². The first kappa shape index (κ1) is 20.7. The summed E-state index contributed by atoms with van der Waals surface area (Å²) in [5, 5.41) is -0.260. The molecule has 0 aromatic heterocycles. The van der Waals surface area contributed by atoms with Gasteiger partial charge in [0.25, 0.3) is 0 Å². The van der Waals surface area contributed by atoms with Crippen LogP contribution < -0.4 is 9.64 Å². The molecule has 28 heavy (non-hydrogen) atoms. The van der Waals surface area contributed by atoms with Crippen LogP contribution in [-0.4, -0.2) is 51.6 Å². The number of hydrogen-bond donors (Lipinski definition) is 0. The van der Waals surface area contributed by atoms with Gasteiger partial charge in [-0.2, -0.15) is 0 Å². The number of methoxy groups -OCH3 is 1. The van der Waals surface area contributed by atoms with Gasteiger partial charge < -0.3 is 9.64 Å². The second kappa shape index (κ2) is 8.14. The first-order valence-corrected chi connectivity index (χ1v) is 11.2. The fraction of sp³-hybridized carbons (Fsp3) is 0.350. The highest BCUT2D eigenvalue weighted by Gasteiger charge is 2.30. The highest BCUT2D eigenvalue weighted by Crippen LogP contribution is 2.34. The van der Waals surface area contributed by atoms with E-state index in [9.17, 15) is 13.2 Å². The largest absolute Gasteiger partial charge is 0.497 e. The van der Waals surface area contributed by atoms with Crippen molar-refractivity contribution < 1.29 is 17.9 Å². The van der Waals surface area contributed by atoms with Crippen LogP contribution in [0.4, 0.5) is 5.69 Å². The van der Waals surface area contributed by atoms with Crippen molar-refractivity contribution in [2.75, 3.05) is 32.6 Å². The fourth-order valence-electron chi connectivity index (χ4n) is 3.11. The molecule has 0 N–H and O–H groups in total. The molecule has 1 aliphatic heterocycles. The molecule has 1 atom stereocenters. The van der Waals surface area contributed by atoms with Gasteiger partial charge in [-0.05, 0) is 61.4 Å². The Morgan fingerprint density at radius 1 is 1.18 bits per heavy atom.